The maximum Gasteiger partial charge on any atom is 0.280 e. The van der Waals surface area contributed by atoms with E-state index in [-0.39, 0.29) is 24.5 Å². The standard InChI is InChI=1S/C14H22N6O4/c15-4-2-1-3-9-17-11-12(18-14(16)19-13(11)23)20(9)10-5-7(22)8(6-21)24-10/h7-8,10,21-22H,1-6,15H2,(H3,16,18,19,23)/t7-,8+,10+/m0/s1. The number of hydrogen-bond donors (Lipinski definition) is 5. The van der Waals surface area contributed by atoms with E-state index in [2.05, 4.69) is 15.0 Å². The van der Waals surface area contributed by atoms with Gasteiger partial charge in [0.05, 0.1) is 12.7 Å². The summed E-state index contributed by atoms with van der Waals surface area (Å²) in [4.78, 5) is 23.1. The van der Waals surface area contributed by atoms with E-state index < -0.39 is 24.0 Å². The molecule has 0 aromatic carbocycles. The van der Waals surface area contributed by atoms with Crippen molar-refractivity contribution in [3.05, 3.63) is 16.2 Å². The molecule has 0 saturated carbocycles. The number of hydrogen-bond acceptors (Lipinski definition) is 8. The van der Waals surface area contributed by atoms with Crippen molar-refractivity contribution in [2.24, 2.45) is 5.73 Å². The predicted octanol–water partition coefficient (Wildman–Crippen LogP) is -1.38. The molecule has 0 radical (unpaired) electrons. The molecule has 0 unspecified atom stereocenters. The fourth-order valence-electron chi connectivity index (χ4n) is 2.99. The Kier molecular flexibility index (Phi) is 4.81. The van der Waals surface area contributed by atoms with E-state index in [0.717, 1.165) is 12.8 Å². The van der Waals surface area contributed by atoms with Crippen LogP contribution >= 0.6 is 0 Å². The molecule has 3 rings (SSSR count). The molecule has 2 aromatic rings. The Morgan fingerprint density at radius 2 is 2.17 bits per heavy atom. The lowest BCUT2D eigenvalue weighted by atomic mass is 10.2. The van der Waals surface area contributed by atoms with Gasteiger partial charge in [0, 0.05) is 12.8 Å². The molecule has 7 N–H and O–H groups in total. The minimum atomic E-state index is -0.798. The van der Waals surface area contributed by atoms with Crippen molar-refractivity contribution in [2.45, 2.75) is 44.1 Å². The third-order valence-electron chi connectivity index (χ3n) is 4.17. The molecule has 3 atom stereocenters. The Balaban J connectivity index is 2.05. The Labute approximate surface area is 137 Å². The number of nitrogens with one attached hydrogen (secondary N) is 1. The first-order chi connectivity index (χ1) is 11.5. The lowest BCUT2D eigenvalue weighted by Gasteiger charge is -2.16. The van der Waals surface area contributed by atoms with Crippen LogP contribution in [-0.4, -0.2) is 55.1 Å². The predicted molar refractivity (Wildman–Crippen MR) is 86.2 cm³/mol. The van der Waals surface area contributed by atoms with Crippen molar-refractivity contribution < 1.29 is 14.9 Å². The van der Waals surface area contributed by atoms with Gasteiger partial charge >= 0.3 is 0 Å². The number of aliphatic hydroxyl groups excluding tert-OH is 2. The van der Waals surface area contributed by atoms with Crippen LogP contribution in [-0.2, 0) is 11.2 Å². The van der Waals surface area contributed by atoms with Gasteiger partial charge in [0.15, 0.2) is 11.2 Å². The lowest BCUT2D eigenvalue weighted by Crippen LogP contribution is -2.24. The fourth-order valence-corrected chi connectivity index (χ4v) is 2.99. The molecule has 24 heavy (non-hydrogen) atoms. The number of H-pyrrole nitrogens is 1. The second-order valence-corrected chi connectivity index (χ2v) is 5.88. The minimum Gasteiger partial charge on any atom is -0.394 e. The van der Waals surface area contributed by atoms with Crippen LogP contribution in [0.25, 0.3) is 11.2 Å². The van der Waals surface area contributed by atoms with E-state index in [1.54, 1.807) is 4.57 Å². The van der Waals surface area contributed by atoms with E-state index >= 15 is 0 Å². The number of imidazole rings is 1. The molecule has 0 bridgehead atoms. The van der Waals surface area contributed by atoms with Gasteiger partial charge in [-0.1, -0.05) is 0 Å². The van der Waals surface area contributed by atoms with Crippen LogP contribution in [0.4, 0.5) is 5.95 Å². The highest BCUT2D eigenvalue weighted by Gasteiger charge is 2.36. The summed E-state index contributed by atoms with van der Waals surface area (Å²) in [5.74, 6) is 0.609. The van der Waals surface area contributed by atoms with Crippen molar-refractivity contribution in [3.63, 3.8) is 0 Å². The fraction of sp³-hybridized carbons (Fsp3) is 0.643. The topological polar surface area (TPSA) is 165 Å². The van der Waals surface area contributed by atoms with Crippen LogP contribution in [0.2, 0.25) is 0 Å². The van der Waals surface area contributed by atoms with Crippen molar-refractivity contribution in [2.75, 3.05) is 18.9 Å². The highest BCUT2D eigenvalue weighted by molar-refractivity contribution is 5.71. The number of nitrogens with two attached hydrogens (primary N) is 2. The molecule has 1 aliphatic rings. The Hall–Kier alpha value is -2.01. The highest BCUT2D eigenvalue weighted by atomic mass is 16.5. The third-order valence-corrected chi connectivity index (χ3v) is 4.17. The molecule has 1 fully saturated rings. The number of nitrogen functional groups attached to an aromatic ring is 1. The van der Waals surface area contributed by atoms with E-state index in [4.69, 9.17) is 16.2 Å². The molecule has 1 saturated heterocycles. The van der Waals surface area contributed by atoms with Crippen LogP contribution < -0.4 is 17.0 Å². The highest BCUT2D eigenvalue weighted by Crippen LogP contribution is 2.32. The Morgan fingerprint density at radius 1 is 1.38 bits per heavy atom. The first-order valence-corrected chi connectivity index (χ1v) is 7.96. The zero-order valence-corrected chi connectivity index (χ0v) is 13.2. The maximum absolute atomic E-state index is 12.1. The van der Waals surface area contributed by atoms with Crippen LogP contribution in [0, 0.1) is 0 Å². The molecular weight excluding hydrogens is 316 g/mol. The summed E-state index contributed by atoms with van der Waals surface area (Å²) in [6.45, 7) is 0.278. The molecular formula is C14H22N6O4. The molecule has 0 aliphatic carbocycles. The molecule has 132 valence electrons. The third kappa shape index (κ3) is 3.00. The summed E-state index contributed by atoms with van der Waals surface area (Å²) in [5.41, 5.74) is 11.2. The molecule has 3 heterocycles. The van der Waals surface area contributed by atoms with Gasteiger partial charge in [-0.05, 0) is 19.4 Å². The number of aromatic nitrogens is 4. The summed E-state index contributed by atoms with van der Waals surface area (Å²) in [6.07, 6.45) is 0.442. The van der Waals surface area contributed by atoms with Crippen LogP contribution in [0.3, 0.4) is 0 Å². The second-order valence-electron chi connectivity index (χ2n) is 5.88. The number of unbranched alkanes of at least 4 members (excludes halogenated alkanes) is 1. The molecule has 0 spiro atoms. The molecule has 1 aliphatic heterocycles. The minimum absolute atomic E-state index is 0.0144. The summed E-state index contributed by atoms with van der Waals surface area (Å²) in [7, 11) is 0. The van der Waals surface area contributed by atoms with E-state index in [9.17, 15) is 15.0 Å². The lowest BCUT2D eigenvalue weighted by molar-refractivity contribution is -0.0440. The quantitative estimate of drug-likeness (QED) is 0.402. The number of aromatic amines is 1. The van der Waals surface area contributed by atoms with Gasteiger partial charge in [-0.2, -0.15) is 4.98 Å². The molecule has 0 amide bonds. The summed E-state index contributed by atoms with van der Waals surface area (Å²) in [5, 5.41) is 19.3. The second kappa shape index (κ2) is 6.85. The van der Waals surface area contributed by atoms with Crippen LogP contribution in [0.5, 0.6) is 0 Å². The number of nitrogens with zero attached hydrogens (tertiary/aromatic N) is 3. The van der Waals surface area contributed by atoms with Crippen molar-refractivity contribution in [1.82, 2.24) is 19.5 Å². The number of aliphatic hydroxyl groups is 2. The van der Waals surface area contributed by atoms with Gasteiger partial charge in [0.2, 0.25) is 5.95 Å². The number of fused-ring (bicyclic) bond motifs is 1. The monoisotopic (exact) mass is 338 g/mol. The van der Waals surface area contributed by atoms with Gasteiger partial charge in [-0.15, -0.1) is 0 Å². The van der Waals surface area contributed by atoms with Gasteiger partial charge in [0.1, 0.15) is 18.2 Å². The van der Waals surface area contributed by atoms with Gasteiger partial charge < -0.3 is 26.4 Å². The Morgan fingerprint density at radius 3 is 2.83 bits per heavy atom. The van der Waals surface area contributed by atoms with Crippen LogP contribution in [0.15, 0.2) is 4.79 Å². The first-order valence-electron chi connectivity index (χ1n) is 7.96. The van der Waals surface area contributed by atoms with Gasteiger partial charge in [0.25, 0.3) is 5.56 Å². The zero-order chi connectivity index (χ0) is 17.3. The van der Waals surface area contributed by atoms with Crippen molar-refractivity contribution >= 4 is 17.1 Å². The summed E-state index contributed by atoms with van der Waals surface area (Å²) in [6, 6.07) is 0. The molecule has 10 heteroatoms. The zero-order valence-electron chi connectivity index (χ0n) is 13.2. The van der Waals surface area contributed by atoms with E-state index in [1.807, 2.05) is 0 Å². The molecule has 2 aromatic heterocycles. The number of ether oxygens (including phenoxy) is 1. The van der Waals surface area contributed by atoms with E-state index in [1.165, 1.54) is 0 Å². The summed E-state index contributed by atoms with van der Waals surface area (Å²) < 4.78 is 7.40. The molecule has 10 nitrogen and oxygen atoms in total. The van der Waals surface area contributed by atoms with Crippen molar-refractivity contribution in [3.8, 4) is 0 Å². The average Bonchev–Trinajstić information content (AvgIpc) is 3.07. The number of aryl methyl sites for hydroxylation is 1. The normalized spacial score (nSPS) is 24.0. The van der Waals surface area contributed by atoms with Gasteiger partial charge in [-0.25, -0.2) is 4.98 Å². The SMILES string of the molecule is NCCCCc1nc2c(=O)[nH]c(N)nc2n1[C@H]1C[C@H](O)[C@@H](CO)O1. The smallest absolute Gasteiger partial charge is 0.280 e. The first kappa shape index (κ1) is 16.8. The Bertz CT molecular complexity index is 772. The number of rotatable bonds is 6. The van der Waals surface area contributed by atoms with Gasteiger partial charge in [-0.3, -0.25) is 14.3 Å². The number of anilines is 1. The maximum atomic E-state index is 12.1. The van der Waals surface area contributed by atoms with Crippen molar-refractivity contribution in [1.29, 1.82) is 0 Å². The summed E-state index contributed by atoms with van der Waals surface area (Å²) >= 11 is 0. The van der Waals surface area contributed by atoms with E-state index in [0.29, 0.717) is 24.4 Å². The largest absolute Gasteiger partial charge is 0.394 e. The average molecular weight is 338 g/mol. The van der Waals surface area contributed by atoms with Crippen LogP contribution in [0.1, 0.15) is 31.3 Å².